The van der Waals surface area contributed by atoms with Crippen molar-refractivity contribution in [2.24, 2.45) is 0 Å². The number of anilines is 1. The smallest absolute Gasteiger partial charge is 0.254 e. The molecule has 3 aromatic rings. The van der Waals surface area contributed by atoms with Crippen molar-refractivity contribution in [1.82, 2.24) is 19.7 Å². The van der Waals surface area contributed by atoms with Crippen molar-refractivity contribution in [1.29, 1.82) is 0 Å². The van der Waals surface area contributed by atoms with Crippen molar-refractivity contribution in [3.05, 3.63) is 65.9 Å². The molecule has 2 aliphatic heterocycles. The molecule has 33 heavy (non-hydrogen) atoms. The summed E-state index contributed by atoms with van der Waals surface area (Å²) in [4.78, 5) is 25.9. The molecule has 5 rings (SSSR count). The van der Waals surface area contributed by atoms with Gasteiger partial charge in [0.1, 0.15) is 0 Å². The van der Waals surface area contributed by atoms with E-state index in [1.807, 2.05) is 17.0 Å². The summed E-state index contributed by atoms with van der Waals surface area (Å²) in [5, 5.41) is 1.22. The van der Waals surface area contributed by atoms with Crippen LogP contribution in [0.2, 0.25) is 0 Å². The van der Waals surface area contributed by atoms with Crippen LogP contribution in [-0.4, -0.2) is 84.0 Å². The summed E-state index contributed by atoms with van der Waals surface area (Å²) in [6, 6.07) is 17.4. The molecule has 174 valence electrons. The van der Waals surface area contributed by atoms with Crippen LogP contribution in [0.1, 0.15) is 29.8 Å². The Balaban J connectivity index is 1.21. The minimum absolute atomic E-state index is 0.147. The van der Waals surface area contributed by atoms with Gasteiger partial charge in [-0.05, 0) is 43.7 Å². The Labute approximate surface area is 196 Å². The molecule has 2 aliphatic rings. The highest BCUT2D eigenvalue weighted by molar-refractivity contribution is 5.98. The first kappa shape index (κ1) is 22.0. The van der Waals surface area contributed by atoms with Crippen molar-refractivity contribution in [3.63, 3.8) is 0 Å². The van der Waals surface area contributed by atoms with E-state index in [2.05, 4.69) is 76.1 Å². The molecule has 0 saturated carbocycles. The average molecular weight is 446 g/mol. The zero-order chi connectivity index (χ0) is 22.8. The Kier molecular flexibility index (Phi) is 6.38. The molecular weight excluding hydrogens is 410 g/mol. The van der Waals surface area contributed by atoms with Crippen LogP contribution in [0.25, 0.3) is 10.9 Å². The summed E-state index contributed by atoms with van der Waals surface area (Å²) in [5.74, 6) is 0.147. The van der Waals surface area contributed by atoms with E-state index in [-0.39, 0.29) is 5.91 Å². The second-order valence-electron chi connectivity index (χ2n) is 9.59. The molecular formula is C27H35N5O. The Morgan fingerprint density at radius 3 is 2.33 bits per heavy atom. The third kappa shape index (κ3) is 4.77. The van der Waals surface area contributed by atoms with Crippen LogP contribution in [0.3, 0.4) is 0 Å². The van der Waals surface area contributed by atoms with Gasteiger partial charge in [-0.2, -0.15) is 0 Å². The SMILES string of the molecule is CC(C)N1CCN(C(=O)c2ccc3c(CN4CCN(c5ccccc5)CC4)c[nH]c3c2)CC1. The first-order valence-corrected chi connectivity index (χ1v) is 12.2. The number of nitrogens with one attached hydrogen (secondary N) is 1. The Hall–Kier alpha value is -2.83. The number of carbonyl (C=O) groups excluding carboxylic acids is 1. The third-order valence-electron chi connectivity index (χ3n) is 7.23. The second kappa shape index (κ2) is 9.57. The lowest BCUT2D eigenvalue weighted by Gasteiger charge is -2.37. The van der Waals surface area contributed by atoms with Gasteiger partial charge in [0, 0.05) is 93.3 Å². The maximum Gasteiger partial charge on any atom is 0.254 e. The molecule has 1 amide bonds. The lowest BCUT2D eigenvalue weighted by Crippen LogP contribution is -2.50. The Bertz CT molecular complexity index is 1080. The van der Waals surface area contributed by atoms with Gasteiger partial charge in [0.05, 0.1) is 0 Å². The highest BCUT2D eigenvalue weighted by Gasteiger charge is 2.24. The van der Waals surface area contributed by atoms with Gasteiger partial charge in [-0.25, -0.2) is 0 Å². The van der Waals surface area contributed by atoms with E-state index in [4.69, 9.17) is 0 Å². The Morgan fingerprint density at radius 2 is 1.64 bits per heavy atom. The van der Waals surface area contributed by atoms with Crippen LogP contribution >= 0.6 is 0 Å². The van der Waals surface area contributed by atoms with Crippen LogP contribution in [0.5, 0.6) is 0 Å². The van der Waals surface area contributed by atoms with E-state index in [1.54, 1.807) is 0 Å². The van der Waals surface area contributed by atoms with E-state index in [1.165, 1.54) is 16.6 Å². The van der Waals surface area contributed by atoms with Crippen molar-refractivity contribution in [3.8, 4) is 0 Å². The molecule has 2 fully saturated rings. The summed E-state index contributed by atoms with van der Waals surface area (Å²) in [7, 11) is 0. The molecule has 6 heteroatoms. The number of rotatable bonds is 5. The predicted octanol–water partition coefficient (Wildman–Crippen LogP) is 3.66. The molecule has 2 saturated heterocycles. The van der Waals surface area contributed by atoms with Crippen molar-refractivity contribution >= 4 is 22.5 Å². The van der Waals surface area contributed by atoms with Crippen LogP contribution in [0.15, 0.2) is 54.7 Å². The quantitative estimate of drug-likeness (QED) is 0.651. The molecule has 3 heterocycles. The van der Waals surface area contributed by atoms with E-state index in [0.29, 0.717) is 6.04 Å². The number of hydrogen-bond donors (Lipinski definition) is 1. The Morgan fingerprint density at radius 1 is 0.909 bits per heavy atom. The van der Waals surface area contributed by atoms with E-state index >= 15 is 0 Å². The number of benzene rings is 2. The highest BCUT2D eigenvalue weighted by Crippen LogP contribution is 2.24. The van der Waals surface area contributed by atoms with Gasteiger partial charge in [-0.1, -0.05) is 24.3 Å². The van der Waals surface area contributed by atoms with Gasteiger partial charge >= 0.3 is 0 Å². The number of nitrogens with zero attached hydrogens (tertiary/aromatic N) is 4. The second-order valence-corrected chi connectivity index (χ2v) is 9.59. The van der Waals surface area contributed by atoms with E-state index < -0.39 is 0 Å². The molecule has 2 aromatic carbocycles. The normalized spacial score (nSPS) is 18.4. The van der Waals surface area contributed by atoms with Crippen LogP contribution < -0.4 is 4.90 Å². The van der Waals surface area contributed by atoms with Crippen LogP contribution in [0.4, 0.5) is 5.69 Å². The number of aromatic amines is 1. The molecule has 0 atom stereocenters. The number of amides is 1. The molecule has 1 aromatic heterocycles. The van der Waals surface area contributed by atoms with Crippen molar-refractivity contribution < 1.29 is 4.79 Å². The number of piperazine rings is 2. The minimum atomic E-state index is 0.147. The summed E-state index contributed by atoms with van der Waals surface area (Å²) < 4.78 is 0. The highest BCUT2D eigenvalue weighted by atomic mass is 16.2. The average Bonchev–Trinajstić information content (AvgIpc) is 3.26. The minimum Gasteiger partial charge on any atom is -0.369 e. The number of aromatic nitrogens is 1. The van der Waals surface area contributed by atoms with Gasteiger partial charge in [0.25, 0.3) is 5.91 Å². The number of H-pyrrole nitrogens is 1. The number of hydrogen-bond acceptors (Lipinski definition) is 4. The van der Waals surface area contributed by atoms with Crippen LogP contribution in [-0.2, 0) is 6.54 Å². The van der Waals surface area contributed by atoms with E-state index in [9.17, 15) is 4.79 Å². The zero-order valence-corrected chi connectivity index (χ0v) is 19.8. The van der Waals surface area contributed by atoms with Gasteiger partial charge in [-0.15, -0.1) is 0 Å². The first-order chi connectivity index (χ1) is 16.1. The standard InChI is InChI=1S/C27H35N5O/c1-21(2)30-14-16-32(17-15-30)27(33)22-8-9-25-23(19-28-26(25)18-22)20-29-10-12-31(13-11-29)24-6-4-3-5-7-24/h3-9,18-19,21,28H,10-17,20H2,1-2H3. The van der Waals surface area contributed by atoms with Gasteiger partial charge in [-0.3, -0.25) is 14.6 Å². The van der Waals surface area contributed by atoms with Crippen molar-refractivity contribution in [2.75, 3.05) is 57.3 Å². The lowest BCUT2D eigenvalue weighted by atomic mass is 10.1. The number of carbonyl (C=O) groups is 1. The molecule has 0 bridgehead atoms. The predicted molar refractivity (Wildman–Crippen MR) is 135 cm³/mol. The topological polar surface area (TPSA) is 45.8 Å². The summed E-state index contributed by atoms with van der Waals surface area (Å²) in [6.07, 6.45) is 2.11. The van der Waals surface area contributed by atoms with Gasteiger partial charge in [0.2, 0.25) is 0 Å². The molecule has 1 N–H and O–H groups in total. The largest absolute Gasteiger partial charge is 0.369 e. The van der Waals surface area contributed by atoms with Crippen LogP contribution in [0, 0.1) is 0 Å². The maximum atomic E-state index is 13.1. The molecule has 0 spiro atoms. The summed E-state index contributed by atoms with van der Waals surface area (Å²) >= 11 is 0. The monoisotopic (exact) mass is 445 g/mol. The maximum absolute atomic E-state index is 13.1. The molecule has 0 aliphatic carbocycles. The number of fused-ring (bicyclic) bond motifs is 1. The first-order valence-electron chi connectivity index (χ1n) is 12.2. The molecule has 0 unspecified atom stereocenters. The van der Waals surface area contributed by atoms with Crippen molar-refractivity contribution in [2.45, 2.75) is 26.4 Å². The van der Waals surface area contributed by atoms with Gasteiger partial charge < -0.3 is 14.8 Å². The van der Waals surface area contributed by atoms with Gasteiger partial charge in [0.15, 0.2) is 0 Å². The zero-order valence-electron chi connectivity index (χ0n) is 19.8. The molecule has 0 radical (unpaired) electrons. The molecule has 6 nitrogen and oxygen atoms in total. The fourth-order valence-corrected chi connectivity index (χ4v) is 5.12. The fraction of sp³-hybridized carbons (Fsp3) is 0.444. The third-order valence-corrected chi connectivity index (χ3v) is 7.23. The number of para-hydroxylation sites is 1. The summed E-state index contributed by atoms with van der Waals surface area (Å²) in [5.41, 5.74) is 4.46. The fourth-order valence-electron chi connectivity index (χ4n) is 5.12. The lowest BCUT2D eigenvalue weighted by molar-refractivity contribution is 0.0595. The summed E-state index contributed by atoms with van der Waals surface area (Å²) in [6.45, 7) is 13.1. The van der Waals surface area contributed by atoms with E-state index in [0.717, 1.165) is 70.0 Å².